The summed E-state index contributed by atoms with van der Waals surface area (Å²) >= 11 is 9.72. The Balaban J connectivity index is 1.75. The third kappa shape index (κ3) is 4.88. The minimum absolute atomic E-state index is 0.608. The molecular formula is C20H20BrClN2O. The van der Waals surface area contributed by atoms with Gasteiger partial charge in [0.1, 0.15) is 12.4 Å². The fourth-order valence-electron chi connectivity index (χ4n) is 2.47. The molecule has 3 rings (SSSR count). The van der Waals surface area contributed by atoms with Crippen LogP contribution >= 0.6 is 27.5 Å². The molecule has 0 aliphatic carbocycles. The van der Waals surface area contributed by atoms with E-state index in [0.29, 0.717) is 17.4 Å². The summed E-state index contributed by atoms with van der Waals surface area (Å²) in [6.07, 6.45) is 4.11. The average molecular weight is 420 g/mol. The van der Waals surface area contributed by atoms with Crippen LogP contribution in [0.15, 0.2) is 46.9 Å². The summed E-state index contributed by atoms with van der Waals surface area (Å²) in [7, 11) is 4.03. The van der Waals surface area contributed by atoms with E-state index in [1.54, 1.807) is 0 Å². The number of halogens is 2. The molecule has 0 unspecified atom stereocenters. The van der Waals surface area contributed by atoms with Gasteiger partial charge in [-0.3, -0.25) is 0 Å². The van der Waals surface area contributed by atoms with Crippen molar-refractivity contribution in [3.05, 3.63) is 63.2 Å². The second-order valence-corrected chi connectivity index (χ2v) is 7.45. The Morgan fingerprint density at radius 1 is 1.12 bits per heavy atom. The van der Waals surface area contributed by atoms with Gasteiger partial charge in [0.25, 0.3) is 0 Å². The van der Waals surface area contributed by atoms with Gasteiger partial charge in [0.05, 0.1) is 5.02 Å². The van der Waals surface area contributed by atoms with Gasteiger partial charge >= 0.3 is 0 Å². The van der Waals surface area contributed by atoms with E-state index >= 15 is 0 Å². The zero-order chi connectivity index (χ0) is 17.8. The number of hydrogen-bond acceptors (Lipinski definition) is 2. The molecule has 0 saturated heterocycles. The van der Waals surface area contributed by atoms with Gasteiger partial charge in [-0.2, -0.15) is 0 Å². The molecule has 0 atom stereocenters. The molecule has 3 aromatic rings. The first-order chi connectivity index (χ1) is 12.0. The number of aromatic amines is 1. The molecule has 3 nitrogen and oxygen atoms in total. The van der Waals surface area contributed by atoms with Gasteiger partial charge in [-0.05, 0) is 56.1 Å². The Labute approximate surface area is 161 Å². The third-order valence-corrected chi connectivity index (χ3v) is 4.62. The maximum absolute atomic E-state index is 6.22. The molecule has 1 heterocycles. The molecule has 5 heteroatoms. The van der Waals surface area contributed by atoms with E-state index in [1.165, 1.54) is 5.39 Å². The highest BCUT2D eigenvalue weighted by molar-refractivity contribution is 9.10. The van der Waals surface area contributed by atoms with Gasteiger partial charge in [0.15, 0.2) is 0 Å². The van der Waals surface area contributed by atoms with Crippen LogP contribution in [0.4, 0.5) is 0 Å². The predicted octanol–water partition coefficient (Wildman–Crippen LogP) is 5.69. The molecule has 0 bridgehead atoms. The second-order valence-electron chi connectivity index (χ2n) is 6.13. The fourth-order valence-corrected chi connectivity index (χ4v) is 3.00. The molecule has 0 fully saturated rings. The van der Waals surface area contributed by atoms with E-state index in [1.807, 2.05) is 38.4 Å². The molecule has 0 spiro atoms. The van der Waals surface area contributed by atoms with Crippen LogP contribution in [0.1, 0.15) is 11.3 Å². The smallest absolute Gasteiger partial charge is 0.138 e. The molecule has 130 valence electrons. The van der Waals surface area contributed by atoms with E-state index in [9.17, 15) is 0 Å². The van der Waals surface area contributed by atoms with Crippen LogP contribution in [-0.2, 0) is 0 Å². The standard InChI is InChI=1S/C20H20BrClN2O/c1-24(2)9-10-25-20-11-14(4-8-18(20)22)3-7-17-12-15-5-6-16(21)13-19(15)23-17/h3-8,11-13,23H,9-10H2,1-2H3/b7-3+. The molecule has 1 aromatic heterocycles. The van der Waals surface area contributed by atoms with Crippen molar-refractivity contribution in [3.8, 4) is 5.75 Å². The van der Waals surface area contributed by atoms with Crippen LogP contribution in [0.25, 0.3) is 23.1 Å². The van der Waals surface area contributed by atoms with Crippen LogP contribution in [-0.4, -0.2) is 37.1 Å². The van der Waals surface area contributed by atoms with E-state index in [2.05, 4.69) is 56.2 Å². The molecule has 0 saturated carbocycles. The fraction of sp³-hybridized carbons (Fsp3) is 0.200. The number of fused-ring (bicyclic) bond motifs is 1. The number of rotatable bonds is 6. The molecule has 1 N–H and O–H groups in total. The summed E-state index contributed by atoms with van der Waals surface area (Å²) in [6.45, 7) is 1.46. The maximum Gasteiger partial charge on any atom is 0.138 e. The molecule has 0 radical (unpaired) electrons. The predicted molar refractivity (Wildman–Crippen MR) is 110 cm³/mol. The molecule has 2 aromatic carbocycles. The van der Waals surface area contributed by atoms with Gasteiger partial charge in [0, 0.05) is 27.6 Å². The number of ether oxygens (including phenoxy) is 1. The lowest BCUT2D eigenvalue weighted by Gasteiger charge is -2.12. The highest BCUT2D eigenvalue weighted by atomic mass is 79.9. The molecule has 0 aliphatic rings. The zero-order valence-corrected chi connectivity index (χ0v) is 16.6. The van der Waals surface area contributed by atoms with Crippen LogP contribution in [0.3, 0.4) is 0 Å². The second kappa shape index (κ2) is 8.09. The van der Waals surface area contributed by atoms with Gasteiger partial charge in [-0.25, -0.2) is 0 Å². The quantitative estimate of drug-likeness (QED) is 0.555. The number of hydrogen-bond donors (Lipinski definition) is 1. The third-order valence-electron chi connectivity index (χ3n) is 3.81. The Morgan fingerprint density at radius 3 is 2.76 bits per heavy atom. The van der Waals surface area contributed by atoms with Crippen molar-refractivity contribution in [3.63, 3.8) is 0 Å². The Bertz CT molecular complexity index is 902. The lowest BCUT2D eigenvalue weighted by atomic mass is 10.2. The number of nitrogens with zero attached hydrogens (tertiary/aromatic N) is 1. The molecule has 0 amide bonds. The van der Waals surface area contributed by atoms with Crippen LogP contribution in [0.2, 0.25) is 5.02 Å². The lowest BCUT2D eigenvalue weighted by Crippen LogP contribution is -2.19. The van der Waals surface area contributed by atoms with Crippen molar-refractivity contribution in [2.24, 2.45) is 0 Å². The Morgan fingerprint density at radius 2 is 1.96 bits per heavy atom. The highest BCUT2D eigenvalue weighted by Gasteiger charge is 2.03. The molecule has 25 heavy (non-hydrogen) atoms. The average Bonchev–Trinajstić information content (AvgIpc) is 2.97. The van der Waals surface area contributed by atoms with Crippen molar-refractivity contribution in [2.75, 3.05) is 27.2 Å². The lowest BCUT2D eigenvalue weighted by molar-refractivity contribution is 0.261. The highest BCUT2D eigenvalue weighted by Crippen LogP contribution is 2.27. The minimum atomic E-state index is 0.608. The number of aromatic nitrogens is 1. The number of nitrogens with one attached hydrogen (secondary N) is 1. The van der Waals surface area contributed by atoms with Gasteiger partial charge in [-0.15, -0.1) is 0 Å². The zero-order valence-electron chi connectivity index (χ0n) is 14.2. The maximum atomic E-state index is 6.22. The first-order valence-electron chi connectivity index (χ1n) is 8.05. The van der Waals surface area contributed by atoms with Crippen LogP contribution in [0, 0.1) is 0 Å². The van der Waals surface area contributed by atoms with Crippen molar-refractivity contribution in [2.45, 2.75) is 0 Å². The molecule has 0 aliphatic heterocycles. The SMILES string of the molecule is CN(C)CCOc1cc(/C=C/c2cc3ccc(Br)cc3[nH]2)ccc1Cl. The van der Waals surface area contributed by atoms with E-state index in [-0.39, 0.29) is 0 Å². The normalized spacial score (nSPS) is 11.7. The van der Waals surface area contributed by atoms with Crippen molar-refractivity contribution in [1.29, 1.82) is 0 Å². The van der Waals surface area contributed by atoms with Crippen LogP contribution in [0.5, 0.6) is 5.75 Å². The van der Waals surface area contributed by atoms with E-state index in [4.69, 9.17) is 16.3 Å². The van der Waals surface area contributed by atoms with Crippen LogP contribution < -0.4 is 4.74 Å². The molecular weight excluding hydrogens is 400 g/mol. The summed E-state index contributed by atoms with van der Waals surface area (Å²) in [5, 5.41) is 1.82. The van der Waals surface area contributed by atoms with Crippen molar-refractivity contribution >= 4 is 50.6 Å². The Hall–Kier alpha value is -1.75. The van der Waals surface area contributed by atoms with Gasteiger partial charge in [0.2, 0.25) is 0 Å². The minimum Gasteiger partial charge on any atom is -0.491 e. The summed E-state index contributed by atoms with van der Waals surface area (Å²) in [5.41, 5.74) is 3.21. The number of likely N-dealkylation sites (N-methyl/N-ethyl adjacent to an activating group) is 1. The summed E-state index contributed by atoms with van der Waals surface area (Å²) in [4.78, 5) is 5.48. The summed E-state index contributed by atoms with van der Waals surface area (Å²) in [6, 6.07) is 14.2. The van der Waals surface area contributed by atoms with Crippen molar-refractivity contribution in [1.82, 2.24) is 9.88 Å². The monoisotopic (exact) mass is 418 g/mol. The number of benzene rings is 2. The summed E-state index contributed by atoms with van der Waals surface area (Å²) in [5.74, 6) is 0.714. The number of H-pyrrole nitrogens is 1. The van der Waals surface area contributed by atoms with Gasteiger partial charge < -0.3 is 14.6 Å². The summed E-state index contributed by atoms with van der Waals surface area (Å²) < 4.78 is 6.85. The van der Waals surface area contributed by atoms with Gasteiger partial charge in [-0.1, -0.05) is 45.7 Å². The topological polar surface area (TPSA) is 28.3 Å². The largest absolute Gasteiger partial charge is 0.491 e. The first-order valence-corrected chi connectivity index (χ1v) is 9.22. The van der Waals surface area contributed by atoms with E-state index < -0.39 is 0 Å². The van der Waals surface area contributed by atoms with E-state index in [0.717, 1.165) is 27.8 Å². The Kier molecular flexibility index (Phi) is 5.84. The first kappa shape index (κ1) is 18.1. The van der Waals surface area contributed by atoms with Crippen molar-refractivity contribution < 1.29 is 4.74 Å².